The molecule has 0 saturated heterocycles. The number of fused-ring (bicyclic) bond motifs is 1. The standard InChI is InChI=1S/C20H19NO3/c1-12-8-10-15(11-9-12)20(23)24-14(3)19(22)18-13(2)21-17-7-5-4-6-16(17)18/h4-11,14,21H,1-3H3/t14-/m0/s1. The van der Waals surface area contributed by atoms with Gasteiger partial charge in [-0.3, -0.25) is 4.79 Å². The maximum absolute atomic E-state index is 12.8. The van der Waals surface area contributed by atoms with Crippen molar-refractivity contribution in [1.82, 2.24) is 4.98 Å². The third kappa shape index (κ3) is 2.95. The summed E-state index contributed by atoms with van der Waals surface area (Å²) in [6.45, 7) is 5.40. The molecule has 1 heterocycles. The Balaban J connectivity index is 1.82. The van der Waals surface area contributed by atoms with E-state index >= 15 is 0 Å². The number of H-pyrrole nitrogens is 1. The van der Waals surface area contributed by atoms with Crippen LogP contribution < -0.4 is 0 Å². The average molecular weight is 321 g/mol. The Bertz CT molecular complexity index is 906. The minimum absolute atomic E-state index is 0.203. The van der Waals surface area contributed by atoms with Crippen LogP contribution in [0, 0.1) is 13.8 Å². The van der Waals surface area contributed by atoms with Crippen LogP contribution in [0.4, 0.5) is 0 Å². The number of carbonyl (C=O) groups excluding carboxylic acids is 2. The van der Waals surface area contributed by atoms with Gasteiger partial charge in [-0.1, -0.05) is 35.9 Å². The van der Waals surface area contributed by atoms with Crippen molar-refractivity contribution < 1.29 is 14.3 Å². The molecule has 3 aromatic rings. The van der Waals surface area contributed by atoms with Crippen LogP contribution in [0.25, 0.3) is 10.9 Å². The molecule has 1 aromatic heterocycles. The van der Waals surface area contributed by atoms with Crippen molar-refractivity contribution in [2.45, 2.75) is 26.9 Å². The number of ether oxygens (including phenoxy) is 1. The van der Waals surface area contributed by atoms with E-state index in [0.29, 0.717) is 11.1 Å². The summed E-state index contributed by atoms with van der Waals surface area (Å²) in [4.78, 5) is 28.2. The van der Waals surface area contributed by atoms with Gasteiger partial charge in [-0.15, -0.1) is 0 Å². The number of para-hydroxylation sites is 1. The van der Waals surface area contributed by atoms with Crippen molar-refractivity contribution in [3.63, 3.8) is 0 Å². The molecule has 0 aliphatic heterocycles. The summed E-state index contributed by atoms with van der Waals surface area (Å²) in [5, 5.41) is 0.846. The zero-order valence-corrected chi connectivity index (χ0v) is 13.9. The molecule has 0 aliphatic carbocycles. The van der Waals surface area contributed by atoms with E-state index < -0.39 is 12.1 Å². The Hall–Kier alpha value is -2.88. The van der Waals surface area contributed by atoms with E-state index in [1.54, 1.807) is 19.1 Å². The van der Waals surface area contributed by atoms with Gasteiger partial charge in [0.2, 0.25) is 5.78 Å². The Labute approximate surface area is 140 Å². The third-order valence-electron chi connectivity index (χ3n) is 4.08. The van der Waals surface area contributed by atoms with Gasteiger partial charge in [-0.25, -0.2) is 4.79 Å². The molecule has 0 bridgehead atoms. The van der Waals surface area contributed by atoms with Crippen LogP contribution in [-0.2, 0) is 4.74 Å². The molecule has 0 fully saturated rings. The van der Waals surface area contributed by atoms with Gasteiger partial charge >= 0.3 is 5.97 Å². The van der Waals surface area contributed by atoms with Crippen molar-refractivity contribution in [2.75, 3.05) is 0 Å². The lowest BCUT2D eigenvalue weighted by molar-refractivity contribution is 0.0319. The third-order valence-corrected chi connectivity index (χ3v) is 4.08. The monoisotopic (exact) mass is 321 g/mol. The van der Waals surface area contributed by atoms with Crippen LogP contribution in [0.15, 0.2) is 48.5 Å². The molecule has 0 radical (unpaired) electrons. The minimum Gasteiger partial charge on any atom is -0.451 e. The smallest absolute Gasteiger partial charge is 0.338 e. The molecular weight excluding hydrogens is 302 g/mol. The van der Waals surface area contributed by atoms with E-state index in [1.807, 2.05) is 50.2 Å². The first-order valence-corrected chi connectivity index (χ1v) is 7.86. The number of Topliss-reactive ketones (excluding diaryl/α,β-unsaturated/α-hetero) is 1. The van der Waals surface area contributed by atoms with Crippen molar-refractivity contribution in [1.29, 1.82) is 0 Å². The van der Waals surface area contributed by atoms with Gasteiger partial charge in [0.05, 0.1) is 5.56 Å². The van der Waals surface area contributed by atoms with Crippen LogP contribution >= 0.6 is 0 Å². The molecular formula is C20H19NO3. The number of aromatic amines is 1. The van der Waals surface area contributed by atoms with Crippen LogP contribution in [0.5, 0.6) is 0 Å². The Morgan fingerprint density at radius 2 is 1.67 bits per heavy atom. The molecule has 1 N–H and O–H groups in total. The fraction of sp³-hybridized carbons (Fsp3) is 0.200. The molecule has 0 spiro atoms. The molecule has 2 aromatic carbocycles. The maximum atomic E-state index is 12.8. The summed E-state index contributed by atoms with van der Waals surface area (Å²) < 4.78 is 5.36. The van der Waals surface area contributed by atoms with Crippen molar-refractivity contribution in [3.8, 4) is 0 Å². The van der Waals surface area contributed by atoms with Gasteiger partial charge in [0.1, 0.15) is 0 Å². The van der Waals surface area contributed by atoms with Gasteiger partial charge in [0.25, 0.3) is 0 Å². The van der Waals surface area contributed by atoms with Crippen LogP contribution in [0.3, 0.4) is 0 Å². The summed E-state index contributed by atoms with van der Waals surface area (Å²) in [6, 6.07) is 14.7. The normalized spacial score (nSPS) is 12.1. The maximum Gasteiger partial charge on any atom is 0.338 e. The Morgan fingerprint density at radius 3 is 2.38 bits per heavy atom. The second-order valence-corrected chi connectivity index (χ2v) is 5.95. The van der Waals surface area contributed by atoms with Gasteiger partial charge < -0.3 is 9.72 Å². The lowest BCUT2D eigenvalue weighted by Crippen LogP contribution is -2.24. The van der Waals surface area contributed by atoms with E-state index in [0.717, 1.165) is 22.2 Å². The molecule has 1 atom stereocenters. The first-order chi connectivity index (χ1) is 11.5. The summed E-state index contributed by atoms with van der Waals surface area (Å²) in [5.41, 5.74) is 3.76. The molecule has 0 amide bonds. The first kappa shape index (κ1) is 16.0. The number of ketones is 1. The molecule has 122 valence electrons. The van der Waals surface area contributed by atoms with Crippen molar-refractivity contribution in [3.05, 3.63) is 70.9 Å². The number of aromatic nitrogens is 1. The molecule has 24 heavy (non-hydrogen) atoms. The number of hydrogen-bond acceptors (Lipinski definition) is 3. The number of aryl methyl sites for hydroxylation is 2. The highest BCUT2D eigenvalue weighted by Gasteiger charge is 2.24. The molecule has 0 aliphatic rings. The molecule has 0 saturated carbocycles. The second kappa shape index (κ2) is 6.32. The fourth-order valence-corrected chi connectivity index (χ4v) is 2.77. The van der Waals surface area contributed by atoms with Crippen LogP contribution in [0.2, 0.25) is 0 Å². The molecule has 0 unspecified atom stereocenters. The van der Waals surface area contributed by atoms with E-state index in [-0.39, 0.29) is 5.78 Å². The number of nitrogens with one attached hydrogen (secondary N) is 1. The SMILES string of the molecule is Cc1ccc(C(=O)O[C@@H](C)C(=O)c2c(C)[nH]c3ccccc23)cc1. The highest BCUT2D eigenvalue weighted by atomic mass is 16.5. The van der Waals surface area contributed by atoms with Gasteiger partial charge in [-0.05, 0) is 39.0 Å². The van der Waals surface area contributed by atoms with Crippen LogP contribution in [-0.4, -0.2) is 22.8 Å². The lowest BCUT2D eigenvalue weighted by atomic mass is 10.0. The second-order valence-electron chi connectivity index (χ2n) is 5.95. The highest BCUT2D eigenvalue weighted by Crippen LogP contribution is 2.24. The molecule has 4 nitrogen and oxygen atoms in total. The Kier molecular flexibility index (Phi) is 4.21. The quantitative estimate of drug-likeness (QED) is 0.578. The van der Waals surface area contributed by atoms with Gasteiger partial charge in [0.15, 0.2) is 6.10 Å². The summed E-state index contributed by atoms with van der Waals surface area (Å²) in [6.07, 6.45) is -0.850. The van der Waals surface area contributed by atoms with Crippen molar-refractivity contribution >= 4 is 22.7 Å². The lowest BCUT2D eigenvalue weighted by Gasteiger charge is -2.13. The minimum atomic E-state index is -0.850. The van der Waals surface area contributed by atoms with E-state index in [2.05, 4.69) is 4.98 Å². The Morgan fingerprint density at radius 1 is 1.00 bits per heavy atom. The number of esters is 1. The van der Waals surface area contributed by atoms with Gasteiger partial charge in [-0.2, -0.15) is 0 Å². The number of rotatable bonds is 4. The molecule has 4 heteroatoms. The summed E-state index contributed by atoms with van der Waals surface area (Å²) in [7, 11) is 0. The largest absolute Gasteiger partial charge is 0.451 e. The summed E-state index contributed by atoms with van der Waals surface area (Å²) in [5.74, 6) is -0.696. The average Bonchev–Trinajstić information content (AvgIpc) is 2.90. The van der Waals surface area contributed by atoms with E-state index in [9.17, 15) is 9.59 Å². The van der Waals surface area contributed by atoms with E-state index in [1.165, 1.54) is 0 Å². The highest BCUT2D eigenvalue weighted by molar-refractivity contribution is 6.11. The van der Waals surface area contributed by atoms with Crippen LogP contribution in [0.1, 0.15) is 38.9 Å². The van der Waals surface area contributed by atoms with Crippen molar-refractivity contribution in [2.24, 2.45) is 0 Å². The zero-order chi connectivity index (χ0) is 17.3. The van der Waals surface area contributed by atoms with Gasteiger partial charge in [0, 0.05) is 22.2 Å². The number of hydrogen-bond donors (Lipinski definition) is 1. The predicted molar refractivity (Wildman–Crippen MR) is 93.4 cm³/mol. The topological polar surface area (TPSA) is 59.2 Å². The zero-order valence-electron chi connectivity index (χ0n) is 13.9. The van der Waals surface area contributed by atoms with E-state index in [4.69, 9.17) is 4.74 Å². The molecule has 3 rings (SSSR count). The first-order valence-electron chi connectivity index (χ1n) is 7.86. The number of carbonyl (C=O) groups is 2. The predicted octanol–water partition coefficient (Wildman–Crippen LogP) is 4.21. The number of benzene rings is 2. The fourth-order valence-electron chi connectivity index (χ4n) is 2.77. The summed E-state index contributed by atoms with van der Waals surface area (Å²) >= 11 is 0.